The van der Waals surface area contributed by atoms with E-state index in [1.165, 1.54) is 31.2 Å². The van der Waals surface area contributed by atoms with Gasteiger partial charge >= 0.3 is 0 Å². The molecule has 1 aliphatic rings. The predicted octanol–water partition coefficient (Wildman–Crippen LogP) is 1.99. The molecule has 3 heteroatoms. The van der Waals surface area contributed by atoms with Crippen molar-refractivity contribution in [3.05, 3.63) is 18.0 Å². The Labute approximate surface area is 98.2 Å². The van der Waals surface area contributed by atoms with Crippen LogP contribution in [0.3, 0.4) is 0 Å². The Bertz CT molecular complexity index is 332. The molecule has 0 spiro atoms. The molecule has 1 aliphatic carbocycles. The molecule has 1 heterocycles. The van der Waals surface area contributed by atoms with Crippen LogP contribution in [0, 0.1) is 11.8 Å². The van der Waals surface area contributed by atoms with Crippen molar-refractivity contribution < 1.29 is 0 Å². The molecule has 1 saturated carbocycles. The van der Waals surface area contributed by atoms with E-state index in [2.05, 4.69) is 30.6 Å². The van der Waals surface area contributed by atoms with Gasteiger partial charge in [-0.2, -0.15) is 5.10 Å². The third-order valence-corrected chi connectivity index (χ3v) is 4.16. The smallest absolute Gasteiger partial charge is 0.0521 e. The Balaban J connectivity index is 1.83. The summed E-state index contributed by atoms with van der Waals surface area (Å²) in [5.74, 6) is 1.71. The van der Waals surface area contributed by atoms with Crippen LogP contribution in [0.1, 0.15) is 31.7 Å². The zero-order valence-electron chi connectivity index (χ0n) is 10.6. The topological polar surface area (TPSA) is 29.9 Å². The maximum Gasteiger partial charge on any atom is 0.0521 e. The van der Waals surface area contributed by atoms with Gasteiger partial charge < -0.3 is 5.32 Å². The minimum absolute atomic E-state index is 0.735. The van der Waals surface area contributed by atoms with Gasteiger partial charge in [-0.3, -0.25) is 4.68 Å². The molecule has 0 amide bonds. The van der Waals surface area contributed by atoms with Crippen molar-refractivity contribution in [3.8, 4) is 0 Å². The first-order chi connectivity index (χ1) is 7.70. The Morgan fingerprint density at radius 3 is 2.88 bits per heavy atom. The Kier molecular flexibility index (Phi) is 3.64. The van der Waals surface area contributed by atoms with Crippen LogP contribution < -0.4 is 5.32 Å². The van der Waals surface area contributed by atoms with Crippen LogP contribution in [-0.4, -0.2) is 22.9 Å². The summed E-state index contributed by atoms with van der Waals surface area (Å²) in [5.41, 5.74) is 1.38. The zero-order valence-corrected chi connectivity index (χ0v) is 10.6. The minimum Gasteiger partial charge on any atom is -0.317 e. The molecular weight excluding hydrogens is 198 g/mol. The molecule has 1 fully saturated rings. The number of rotatable bonds is 4. The highest BCUT2D eigenvalue weighted by atomic mass is 15.2. The van der Waals surface area contributed by atoms with E-state index in [1.54, 1.807) is 0 Å². The lowest BCUT2D eigenvalue weighted by Gasteiger charge is -2.19. The average molecular weight is 221 g/mol. The van der Waals surface area contributed by atoms with Gasteiger partial charge in [0.25, 0.3) is 0 Å². The first kappa shape index (κ1) is 11.6. The molecule has 3 unspecified atom stereocenters. The number of aromatic nitrogens is 2. The molecule has 90 valence electrons. The summed E-state index contributed by atoms with van der Waals surface area (Å²) in [5, 5.41) is 7.65. The SMILES string of the molecule is CNC1CCC(CCc2cnn(C)c2)C1C. The second kappa shape index (κ2) is 5.00. The summed E-state index contributed by atoms with van der Waals surface area (Å²) in [6, 6.07) is 0.735. The minimum atomic E-state index is 0.735. The molecule has 3 nitrogen and oxygen atoms in total. The summed E-state index contributed by atoms with van der Waals surface area (Å²) in [4.78, 5) is 0. The average Bonchev–Trinajstić information content (AvgIpc) is 2.83. The lowest BCUT2D eigenvalue weighted by molar-refractivity contribution is 0.348. The van der Waals surface area contributed by atoms with Gasteiger partial charge in [-0.15, -0.1) is 0 Å². The van der Waals surface area contributed by atoms with Crippen LogP contribution in [0.15, 0.2) is 12.4 Å². The fourth-order valence-corrected chi connectivity index (χ4v) is 3.02. The van der Waals surface area contributed by atoms with E-state index in [9.17, 15) is 0 Å². The highest BCUT2D eigenvalue weighted by Gasteiger charge is 2.31. The van der Waals surface area contributed by atoms with E-state index >= 15 is 0 Å². The molecule has 1 aromatic heterocycles. The lowest BCUT2D eigenvalue weighted by Crippen LogP contribution is -2.29. The van der Waals surface area contributed by atoms with Crippen LogP contribution in [0.5, 0.6) is 0 Å². The summed E-state index contributed by atoms with van der Waals surface area (Å²) in [7, 11) is 4.07. The van der Waals surface area contributed by atoms with Crippen molar-refractivity contribution in [2.75, 3.05) is 7.05 Å². The van der Waals surface area contributed by atoms with Gasteiger partial charge in [-0.25, -0.2) is 0 Å². The molecule has 0 aromatic carbocycles. The fraction of sp³-hybridized carbons (Fsp3) is 0.769. The van der Waals surface area contributed by atoms with Crippen molar-refractivity contribution in [2.24, 2.45) is 18.9 Å². The van der Waals surface area contributed by atoms with E-state index in [1.807, 2.05) is 17.9 Å². The van der Waals surface area contributed by atoms with Gasteiger partial charge in [0.2, 0.25) is 0 Å². The molecule has 1 N–H and O–H groups in total. The van der Waals surface area contributed by atoms with E-state index < -0.39 is 0 Å². The lowest BCUT2D eigenvalue weighted by atomic mass is 9.90. The van der Waals surface area contributed by atoms with Crippen LogP contribution in [0.2, 0.25) is 0 Å². The maximum absolute atomic E-state index is 4.22. The normalized spacial score (nSPS) is 29.8. The largest absolute Gasteiger partial charge is 0.317 e. The van der Waals surface area contributed by atoms with E-state index in [-0.39, 0.29) is 0 Å². The third kappa shape index (κ3) is 2.46. The van der Waals surface area contributed by atoms with E-state index in [0.29, 0.717) is 0 Å². The Morgan fingerprint density at radius 2 is 2.31 bits per heavy atom. The molecule has 3 atom stereocenters. The van der Waals surface area contributed by atoms with Crippen LogP contribution in [0.25, 0.3) is 0 Å². The van der Waals surface area contributed by atoms with Gasteiger partial charge in [0, 0.05) is 19.3 Å². The van der Waals surface area contributed by atoms with Crippen molar-refractivity contribution in [3.63, 3.8) is 0 Å². The molecule has 16 heavy (non-hydrogen) atoms. The van der Waals surface area contributed by atoms with E-state index in [0.717, 1.165) is 17.9 Å². The Morgan fingerprint density at radius 1 is 1.50 bits per heavy atom. The number of hydrogen-bond donors (Lipinski definition) is 1. The summed E-state index contributed by atoms with van der Waals surface area (Å²) in [6.45, 7) is 2.39. The van der Waals surface area contributed by atoms with Gasteiger partial charge in [0.05, 0.1) is 6.20 Å². The van der Waals surface area contributed by atoms with Crippen molar-refractivity contribution in [1.82, 2.24) is 15.1 Å². The number of nitrogens with zero attached hydrogens (tertiary/aromatic N) is 2. The highest BCUT2D eigenvalue weighted by molar-refractivity contribution is 5.04. The first-order valence-corrected chi connectivity index (χ1v) is 6.35. The standard InChI is InChI=1S/C13H23N3/c1-10-12(6-7-13(10)14-2)5-4-11-8-15-16(3)9-11/h8-10,12-14H,4-7H2,1-3H3. The van der Waals surface area contributed by atoms with E-state index in [4.69, 9.17) is 0 Å². The number of aryl methyl sites for hydroxylation is 2. The fourth-order valence-electron chi connectivity index (χ4n) is 3.02. The molecule has 0 bridgehead atoms. The molecule has 0 radical (unpaired) electrons. The maximum atomic E-state index is 4.22. The second-order valence-electron chi connectivity index (χ2n) is 5.15. The van der Waals surface area contributed by atoms with Crippen molar-refractivity contribution in [2.45, 2.75) is 38.6 Å². The molecule has 2 rings (SSSR count). The zero-order chi connectivity index (χ0) is 11.5. The Hall–Kier alpha value is -0.830. The molecular formula is C13H23N3. The van der Waals surface area contributed by atoms with Crippen LogP contribution in [-0.2, 0) is 13.5 Å². The first-order valence-electron chi connectivity index (χ1n) is 6.35. The predicted molar refractivity (Wildman–Crippen MR) is 66.3 cm³/mol. The van der Waals surface area contributed by atoms with Crippen LogP contribution in [0.4, 0.5) is 0 Å². The molecule has 0 saturated heterocycles. The molecule has 0 aliphatic heterocycles. The van der Waals surface area contributed by atoms with Gasteiger partial charge in [-0.1, -0.05) is 6.92 Å². The van der Waals surface area contributed by atoms with Crippen molar-refractivity contribution in [1.29, 1.82) is 0 Å². The third-order valence-electron chi connectivity index (χ3n) is 4.16. The quantitative estimate of drug-likeness (QED) is 0.842. The summed E-state index contributed by atoms with van der Waals surface area (Å²) >= 11 is 0. The number of nitrogens with one attached hydrogen (secondary N) is 1. The monoisotopic (exact) mass is 221 g/mol. The van der Waals surface area contributed by atoms with Gasteiger partial charge in [0.1, 0.15) is 0 Å². The van der Waals surface area contributed by atoms with Gasteiger partial charge in [0.15, 0.2) is 0 Å². The highest BCUT2D eigenvalue weighted by Crippen LogP contribution is 2.34. The molecule has 1 aromatic rings. The van der Waals surface area contributed by atoms with Crippen LogP contribution >= 0.6 is 0 Å². The number of hydrogen-bond acceptors (Lipinski definition) is 2. The summed E-state index contributed by atoms with van der Waals surface area (Å²) in [6.07, 6.45) is 9.34. The van der Waals surface area contributed by atoms with Crippen molar-refractivity contribution >= 4 is 0 Å². The second-order valence-corrected chi connectivity index (χ2v) is 5.15. The van der Waals surface area contributed by atoms with Gasteiger partial charge in [-0.05, 0) is 50.1 Å². The summed E-state index contributed by atoms with van der Waals surface area (Å²) < 4.78 is 1.89.